The summed E-state index contributed by atoms with van der Waals surface area (Å²) < 4.78 is 0. The van der Waals surface area contributed by atoms with Gasteiger partial charge in [-0.1, -0.05) is 23.4 Å². The molecule has 0 amide bonds. The van der Waals surface area contributed by atoms with E-state index < -0.39 is 0 Å². The van der Waals surface area contributed by atoms with Crippen molar-refractivity contribution in [2.45, 2.75) is 4.90 Å². The molecule has 3 heteroatoms. The van der Waals surface area contributed by atoms with Gasteiger partial charge >= 0.3 is 0 Å². The van der Waals surface area contributed by atoms with Gasteiger partial charge in [0.25, 0.3) is 0 Å². The Kier molecular flexibility index (Phi) is 3.18. The summed E-state index contributed by atoms with van der Waals surface area (Å²) in [5.74, 6) is 0. The van der Waals surface area contributed by atoms with Crippen LogP contribution in [0.15, 0.2) is 32.7 Å². The minimum absolute atomic E-state index is 1.25. The molecule has 1 heterocycles. The van der Waals surface area contributed by atoms with Gasteiger partial charge in [-0.25, -0.2) is 0 Å². The van der Waals surface area contributed by atoms with Gasteiger partial charge in [-0.15, -0.1) is 0 Å². The molecular weight excluding hydrogens is 172 g/mol. The maximum absolute atomic E-state index is 5.32. The summed E-state index contributed by atoms with van der Waals surface area (Å²) in [5.41, 5.74) is 1.52. The highest BCUT2D eigenvalue weighted by Crippen LogP contribution is 2.21. The molecule has 0 bridgehead atoms. The van der Waals surface area contributed by atoms with Gasteiger partial charge in [-0.05, 0) is 16.9 Å². The van der Waals surface area contributed by atoms with Crippen LogP contribution in [0.5, 0.6) is 0 Å². The van der Waals surface area contributed by atoms with Crippen LogP contribution in [-0.4, -0.2) is 0 Å². The fourth-order valence-electron chi connectivity index (χ4n) is 0.423. The van der Waals surface area contributed by atoms with Crippen LogP contribution in [0.25, 0.3) is 0 Å². The standard InChI is InChI=1S/C6H5ClS2/c7-2-4-9-6-1-3-8-5-6/h1-5H/b4-2-. The maximum Gasteiger partial charge on any atom is 0.0223 e. The first kappa shape index (κ1) is 7.19. The van der Waals surface area contributed by atoms with E-state index in [9.17, 15) is 0 Å². The lowest BCUT2D eigenvalue weighted by Gasteiger charge is -1.82. The van der Waals surface area contributed by atoms with E-state index in [0.29, 0.717) is 0 Å². The number of hydrogen-bond acceptors (Lipinski definition) is 2. The average Bonchev–Trinajstić information content (AvgIpc) is 2.34. The highest BCUT2D eigenvalue weighted by atomic mass is 35.5. The Morgan fingerprint density at radius 2 is 2.56 bits per heavy atom. The summed E-state index contributed by atoms with van der Waals surface area (Å²) in [4.78, 5) is 1.25. The minimum atomic E-state index is 1.25. The molecule has 1 rings (SSSR count). The van der Waals surface area contributed by atoms with E-state index in [2.05, 4.69) is 11.4 Å². The average molecular weight is 177 g/mol. The Hall–Kier alpha value is 0.0800. The van der Waals surface area contributed by atoms with E-state index in [-0.39, 0.29) is 0 Å². The first-order valence-corrected chi connectivity index (χ1v) is 4.63. The highest BCUT2D eigenvalue weighted by molar-refractivity contribution is 8.02. The first-order valence-electron chi connectivity index (χ1n) is 2.37. The van der Waals surface area contributed by atoms with Gasteiger partial charge in [0.1, 0.15) is 0 Å². The van der Waals surface area contributed by atoms with E-state index in [1.807, 2.05) is 10.8 Å². The van der Waals surface area contributed by atoms with E-state index >= 15 is 0 Å². The second-order valence-corrected chi connectivity index (χ2v) is 3.35. The lowest BCUT2D eigenvalue weighted by molar-refractivity contribution is 1.61. The van der Waals surface area contributed by atoms with Crippen molar-refractivity contribution >= 4 is 34.7 Å². The zero-order valence-corrected chi connectivity index (χ0v) is 6.97. The number of thiophene rings is 1. The fourth-order valence-corrected chi connectivity index (χ4v) is 1.92. The Morgan fingerprint density at radius 1 is 1.67 bits per heavy atom. The van der Waals surface area contributed by atoms with Gasteiger partial charge in [-0.2, -0.15) is 11.3 Å². The van der Waals surface area contributed by atoms with Gasteiger partial charge in [0.15, 0.2) is 0 Å². The van der Waals surface area contributed by atoms with Crippen molar-refractivity contribution in [3.05, 3.63) is 27.8 Å². The minimum Gasteiger partial charge on any atom is -0.151 e. The second kappa shape index (κ2) is 3.99. The summed E-state index contributed by atoms with van der Waals surface area (Å²) in [7, 11) is 0. The molecule has 0 aromatic carbocycles. The highest BCUT2D eigenvalue weighted by Gasteiger charge is 1.86. The zero-order valence-electron chi connectivity index (χ0n) is 4.58. The topological polar surface area (TPSA) is 0 Å². The quantitative estimate of drug-likeness (QED) is 0.622. The van der Waals surface area contributed by atoms with Crippen LogP contribution < -0.4 is 0 Å². The van der Waals surface area contributed by atoms with Crippen LogP contribution in [-0.2, 0) is 0 Å². The molecule has 0 aliphatic heterocycles. The summed E-state index contributed by atoms with van der Waals surface area (Å²) in [6.45, 7) is 0. The molecule has 0 saturated heterocycles. The Labute approximate surface area is 67.5 Å². The van der Waals surface area contributed by atoms with Crippen LogP contribution in [0.2, 0.25) is 0 Å². The van der Waals surface area contributed by atoms with Gasteiger partial charge in [0.2, 0.25) is 0 Å². The molecule has 0 N–H and O–H groups in total. The van der Waals surface area contributed by atoms with Gasteiger partial charge < -0.3 is 0 Å². The molecule has 0 aliphatic carbocycles. The third-order valence-electron chi connectivity index (χ3n) is 0.751. The number of thioether (sulfide) groups is 1. The van der Waals surface area contributed by atoms with E-state index in [0.717, 1.165) is 0 Å². The number of hydrogen-bond donors (Lipinski definition) is 0. The van der Waals surface area contributed by atoms with Crippen molar-refractivity contribution in [1.29, 1.82) is 0 Å². The van der Waals surface area contributed by atoms with Crippen molar-refractivity contribution in [3.8, 4) is 0 Å². The number of rotatable bonds is 2. The molecule has 0 radical (unpaired) electrons. The first-order chi connectivity index (χ1) is 4.43. The molecule has 0 unspecified atom stereocenters. The largest absolute Gasteiger partial charge is 0.151 e. The Balaban J connectivity index is 2.48. The lowest BCUT2D eigenvalue weighted by Crippen LogP contribution is -1.50. The molecule has 48 valence electrons. The second-order valence-electron chi connectivity index (χ2n) is 1.34. The van der Waals surface area contributed by atoms with E-state index in [1.54, 1.807) is 23.1 Å². The zero-order chi connectivity index (χ0) is 6.53. The van der Waals surface area contributed by atoms with Gasteiger partial charge in [0, 0.05) is 15.8 Å². The summed E-state index contributed by atoms with van der Waals surface area (Å²) in [6.07, 6.45) is 0. The maximum atomic E-state index is 5.32. The van der Waals surface area contributed by atoms with Crippen molar-refractivity contribution in [3.63, 3.8) is 0 Å². The van der Waals surface area contributed by atoms with Crippen LogP contribution >= 0.6 is 34.7 Å². The monoisotopic (exact) mass is 176 g/mol. The lowest BCUT2D eigenvalue weighted by atomic mass is 10.7. The summed E-state index contributed by atoms with van der Waals surface area (Å²) >= 11 is 8.64. The van der Waals surface area contributed by atoms with Crippen molar-refractivity contribution < 1.29 is 0 Å². The fraction of sp³-hybridized carbons (Fsp3) is 0. The van der Waals surface area contributed by atoms with Crippen molar-refractivity contribution in [2.75, 3.05) is 0 Å². The van der Waals surface area contributed by atoms with Crippen LogP contribution in [0.4, 0.5) is 0 Å². The summed E-state index contributed by atoms with van der Waals surface area (Å²) in [5, 5.41) is 5.98. The van der Waals surface area contributed by atoms with Crippen molar-refractivity contribution in [1.82, 2.24) is 0 Å². The predicted octanol–water partition coefficient (Wildman–Crippen LogP) is 3.55. The third kappa shape index (κ3) is 2.43. The molecule has 1 aromatic rings. The van der Waals surface area contributed by atoms with Crippen LogP contribution in [0.1, 0.15) is 0 Å². The van der Waals surface area contributed by atoms with Crippen LogP contribution in [0.3, 0.4) is 0 Å². The number of halogens is 1. The molecule has 0 aliphatic rings. The molecule has 9 heavy (non-hydrogen) atoms. The molecule has 1 aromatic heterocycles. The van der Waals surface area contributed by atoms with E-state index in [1.165, 1.54) is 10.4 Å². The van der Waals surface area contributed by atoms with Gasteiger partial charge in [-0.3, -0.25) is 0 Å². The Bertz CT molecular complexity index is 179. The third-order valence-corrected chi connectivity index (χ3v) is 2.66. The molecule has 0 spiro atoms. The van der Waals surface area contributed by atoms with Crippen molar-refractivity contribution in [2.24, 2.45) is 0 Å². The molecular formula is C6H5ClS2. The summed E-state index contributed by atoms with van der Waals surface area (Å²) in [6, 6.07) is 2.06. The normalized spacial score (nSPS) is 10.8. The Morgan fingerprint density at radius 3 is 3.11 bits per heavy atom. The molecule has 0 fully saturated rings. The van der Waals surface area contributed by atoms with Gasteiger partial charge in [0.05, 0.1) is 0 Å². The SMILES string of the molecule is Cl/C=C\Sc1ccsc1. The smallest absolute Gasteiger partial charge is 0.0223 e. The van der Waals surface area contributed by atoms with Crippen LogP contribution in [0, 0.1) is 0 Å². The molecule has 0 saturated carbocycles. The molecule has 0 atom stereocenters. The predicted molar refractivity (Wildman–Crippen MR) is 45.2 cm³/mol. The molecule has 0 nitrogen and oxygen atoms in total. The van der Waals surface area contributed by atoms with E-state index in [4.69, 9.17) is 11.6 Å².